The predicted molar refractivity (Wildman–Crippen MR) is 101 cm³/mol. The normalized spacial score (nSPS) is 15.2. The van der Waals surface area contributed by atoms with E-state index in [4.69, 9.17) is 14.0 Å². The summed E-state index contributed by atoms with van der Waals surface area (Å²) in [6.07, 6.45) is 1.58. The SMILES string of the molecule is COc1cccc(-c2cc(COC(=O)CC3CSc4nccc(=O)n43)no2)c1. The molecular formula is C19H17N3O5S. The summed E-state index contributed by atoms with van der Waals surface area (Å²) in [5.74, 6) is 1.48. The Kier molecular flexibility index (Phi) is 5.16. The molecule has 3 aromatic rings. The molecule has 0 N–H and O–H groups in total. The standard InChI is InChI=1S/C19H17N3O5S/c1-25-15-4-2-3-12(7-15)16-8-13(21-27-16)10-26-18(24)9-14-11-28-19-20-6-5-17(23)22(14)19/h2-8,14H,9-11H2,1H3. The lowest BCUT2D eigenvalue weighted by molar-refractivity contribution is -0.145. The van der Waals surface area contributed by atoms with E-state index in [1.807, 2.05) is 24.3 Å². The third-order valence-corrected chi connectivity index (χ3v) is 5.42. The Balaban J connectivity index is 1.36. The third-order valence-electron chi connectivity index (χ3n) is 4.31. The molecule has 1 aliphatic heterocycles. The maximum atomic E-state index is 12.2. The maximum absolute atomic E-state index is 12.2. The van der Waals surface area contributed by atoms with E-state index < -0.39 is 5.97 Å². The Morgan fingerprint density at radius 2 is 2.25 bits per heavy atom. The number of benzene rings is 1. The first-order valence-electron chi connectivity index (χ1n) is 8.60. The Labute approximate surface area is 164 Å². The number of nitrogens with zero attached hydrogens (tertiary/aromatic N) is 3. The van der Waals surface area contributed by atoms with Gasteiger partial charge < -0.3 is 14.0 Å². The Morgan fingerprint density at radius 1 is 1.36 bits per heavy atom. The molecule has 0 saturated carbocycles. The van der Waals surface area contributed by atoms with Crippen LogP contribution >= 0.6 is 11.8 Å². The van der Waals surface area contributed by atoms with Crippen molar-refractivity contribution >= 4 is 17.7 Å². The molecule has 0 fully saturated rings. The molecule has 4 rings (SSSR count). The molecule has 0 radical (unpaired) electrons. The second-order valence-corrected chi connectivity index (χ2v) is 7.17. The van der Waals surface area contributed by atoms with E-state index in [9.17, 15) is 9.59 Å². The summed E-state index contributed by atoms with van der Waals surface area (Å²) < 4.78 is 17.4. The number of carbonyl (C=O) groups is 1. The van der Waals surface area contributed by atoms with Gasteiger partial charge in [0.25, 0.3) is 5.56 Å². The number of esters is 1. The van der Waals surface area contributed by atoms with Gasteiger partial charge in [-0.3, -0.25) is 14.2 Å². The number of aromatic nitrogens is 3. The summed E-state index contributed by atoms with van der Waals surface area (Å²) in [5.41, 5.74) is 1.16. The number of ether oxygens (including phenoxy) is 2. The predicted octanol–water partition coefficient (Wildman–Crippen LogP) is 2.69. The second-order valence-electron chi connectivity index (χ2n) is 6.18. The smallest absolute Gasteiger partial charge is 0.308 e. The molecule has 1 aliphatic rings. The highest BCUT2D eigenvalue weighted by Crippen LogP contribution is 2.31. The van der Waals surface area contributed by atoms with Gasteiger partial charge in [-0.2, -0.15) is 0 Å². The number of fused-ring (bicyclic) bond motifs is 1. The van der Waals surface area contributed by atoms with Crippen LogP contribution in [-0.2, 0) is 16.1 Å². The van der Waals surface area contributed by atoms with Crippen molar-refractivity contribution in [1.82, 2.24) is 14.7 Å². The number of carbonyl (C=O) groups excluding carboxylic acids is 1. The average Bonchev–Trinajstić information content (AvgIpc) is 3.35. The summed E-state index contributed by atoms with van der Waals surface area (Å²) in [6, 6.07) is 10.3. The molecule has 8 nitrogen and oxygen atoms in total. The van der Waals surface area contributed by atoms with Crippen molar-refractivity contribution in [3.8, 4) is 17.1 Å². The van der Waals surface area contributed by atoms with Gasteiger partial charge >= 0.3 is 5.97 Å². The molecule has 28 heavy (non-hydrogen) atoms. The third kappa shape index (κ3) is 3.79. The molecule has 3 heterocycles. The summed E-state index contributed by atoms with van der Waals surface area (Å²) in [4.78, 5) is 28.4. The fourth-order valence-electron chi connectivity index (χ4n) is 2.94. The highest BCUT2D eigenvalue weighted by molar-refractivity contribution is 7.99. The van der Waals surface area contributed by atoms with Crippen molar-refractivity contribution in [3.63, 3.8) is 0 Å². The molecule has 0 spiro atoms. The molecule has 1 atom stereocenters. The van der Waals surface area contributed by atoms with E-state index in [2.05, 4.69) is 10.1 Å². The molecule has 9 heteroatoms. The average molecular weight is 399 g/mol. The molecule has 1 aromatic carbocycles. The number of hydrogen-bond acceptors (Lipinski definition) is 8. The minimum absolute atomic E-state index is 0.000953. The number of rotatable bonds is 6. The summed E-state index contributed by atoms with van der Waals surface area (Å²) in [7, 11) is 1.59. The van der Waals surface area contributed by atoms with Crippen molar-refractivity contribution in [1.29, 1.82) is 0 Å². The monoisotopic (exact) mass is 399 g/mol. The first-order chi connectivity index (χ1) is 13.6. The largest absolute Gasteiger partial charge is 0.497 e. The van der Waals surface area contributed by atoms with Crippen molar-refractivity contribution in [2.45, 2.75) is 24.2 Å². The van der Waals surface area contributed by atoms with Gasteiger partial charge in [0.2, 0.25) is 0 Å². The van der Waals surface area contributed by atoms with Crippen LogP contribution in [0, 0.1) is 0 Å². The highest BCUT2D eigenvalue weighted by Gasteiger charge is 2.27. The van der Waals surface area contributed by atoms with Crippen molar-refractivity contribution in [3.05, 3.63) is 58.6 Å². The molecule has 0 bridgehead atoms. The van der Waals surface area contributed by atoms with Gasteiger partial charge in [-0.1, -0.05) is 29.1 Å². The summed E-state index contributed by atoms with van der Waals surface area (Å²) >= 11 is 1.46. The van der Waals surface area contributed by atoms with Gasteiger partial charge in [-0.25, -0.2) is 4.98 Å². The molecule has 2 aromatic heterocycles. The fourth-order valence-corrected chi connectivity index (χ4v) is 4.06. The molecular weight excluding hydrogens is 382 g/mol. The highest BCUT2D eigenvalue weighted by atomic mass is 32.2. The molecule has 0 aliphatic carbocycles. The van der Waals surface area contributed by atoms with Crippen LogP contribution in [-0.4, -0.2) is 33.5 Å². The van der Waals surface area contributed by atoms with Crippen LogP contribution in [0.5, 0.6) is 5.75 Å². The number of hydrogen-bond donors (Lipinski definition) is 0. The van der Waals surface area contributed by atoms with E-state index >= 15 is 0 Å². The van der Waals surface area contributed by atoms with Gasteiger partial charge in [-0.05, 0) is 12.1 Å². The van der Waals surface area contributed by atoms with Gasteiger partial charge in [0.1, 0.15) is 18.1 Å². The van der Waals surface area contributed by atoms with Gasteiger partial charge in [0.15, 0.2) is 10.9 Å². The lowest BCUT2D eigenvalue weighted by Crippen LogP contribution is -2.25. The van der Waals surface area contributed by atoms with Crippen LogP contribution in [0.15, 0.2) is 57.1 Å². The Bertz CT molecular complexity index is 1060. The first-order valence-corrected chi connectivity index (χ1v) is 9.58. The molecule has 1 unspecified atom stereocenters. The topological polar surface area (TPSA) is 96.5 Å². The van der Waals surface area contributed by atoms with Gasteiger partial charge in [-0.15, -0.1) is 0 Å². The van der Waals surface area contributed by atoms with Crippen LogP contribution in [0.4, 0.5) is 0 Å². The van der Waals surface area contributed by atoms with Gasteiger partial charge in [0.05, 0.1) is 19.6 Å². The minimum atomic E-state index is -0.403. The summed E-state index contributed by atoms with van der Waals surface area (Å²) in [6.45, 7) is 0.000953. The molecule has 0 amide bonds. The summed E-state index contributed by atoms with van der Waals surface area (Å²) in [5, 5.41) is 4.57. The van der Waals surface area contributed by atoms with E-state index in [0.717, 1.165) is 5.56 Å². The maximum Gasteiger partial charge on any atom is 0.308 e. The van der Waals surface area contributed by atoms with Gasteiger partial charge in [0, 0.05) is 29.6 Å². The van der Waals surface area contributed by atoms with Crippen LogP contribution < -0.4 is 10.3 Å². The van der Waals surface area contributed by atoms with Crippen molar-refractivity contribution in [2.75, 3.05) is 12.9 Å². The van der Waals surface area contributed by atoms with Crippen molar-refractivity contribution in [2.24, 2.45) is 0 Å². The van der Waals surface area contributed by atoms with Crippen LogP contribution in [0.2, 0.25) is 0 Å². The fraction of sp³-hybridized carbons (Fsp3) is 0.263. The zero-order valence-corrected chi connectivity index (χ0v) is 15.8. The van der Waals surface area contributed by atoms with Crippen molar-refractivity contribution < 1.29 is 18.8 Å². The zero-order valence-electron chi connectivity index (χ0n) is 15.0. The van der Waals surface area contributed by atoms with E-state index in [-0.39, 0.29) is 24.6 Å². The van der Waals surface area contributed by atoms with Crippen LogP contribution in [0.1, 0.15) is 18.2 Å². The quantitative estimate of drug-likeness (QED) is 0.461. The van der Waals surface area contributed by atoms with E-state index in [1.54, 1.807) is 17.7 Å². The van der Waals surface area contributed by atoms with Crippen LogP contribution in [0.25, 0.3) is 11.3 Å². The Morgan fingerprint density at radius 3 is 3.11 bits per heavy atom. The Hall–Kier alpha value is -3.07. The first kappa shape index (κ1) is 18.3. The number of methoxy groups -OCH3 is 1. The molecule has 144 valence electrons. The van der Waals surface area contributed by atoms with E-state index in [0.29, 0.717) is 28.1 Å². The molecule has 0 saturated heterocycles. The second kappa shape index (κ2) is 7.89. The minimum Gasteiger partial charge on any atom is -0.497 e. The lowest BCUT2D eigenvalue weighted by atomic mass is 10.1. The lowest BCUT2D eigenvalue weighted by Gasteiger charge is -2.11. The number of thioether (sulfide) groups is 1. The zero-order chi connectivity index (χ0) is 19.5. The van der Waals surface area contributed by atoms with E-state index in [1.165, 1.54) is 24.0 Å². The van der Waals surface area contributed by atoms with Crippen LogP contribution in [0.3, 0.4) is 0 Å².